The Labute approximate surface area is 102 Å². The van der Waals surface area contributed by atoms with E-state index in [-0.39, 0.29) is 31.7 Å². The van der Waals surface area contributed by atoms with Crippen LogP contribution >= 0.6 is 0 Å². The zero-order chi connectivity index (χ0) is 9.10. The van der Waals surface area contributed by atoms with Gasteiger partial charge in [0.05, 0.1) is 0 Å². The first kappa shape index (κ1) is 11.2. The average molecular weight is 199 g/mol. The Morgan fingerprint density at radius 3 is 1.79 bits per heavy atom. The molecule has 0 amide bonds. The molecule has 68 valence electrons. The number of halogens is 1. The molecule has 0 aliphatic carbocycles. The van der Waals surface area contributed by atoms with Crippen molar-refractivity contribution in [3.05, 3.63) is 60.4 Å². The van der Waals surface area contributed by atoms with Crippen molar-refractivity contribution in [1.29, 1.82) is 0 Å². The SMILES string of the molecule is Fc1ccc(-c2ccccc2)cc1.[H-].[H-].[Mg+2]. The Hall–Kier alpha value is -0.864. The molecule has 0 aromatic heterocycles. The van der Waals surface area contributed by atoms with Gasteiger partial charge in [0.25, 0.3) is 0 Å². The second kappa shape index (κ2) is 5.13. The molecule has 0 N–H and O–H groups in total. The molecule has 2 rings (SSSR count). The van der Waals surface area contributed by atoms with E-state index in [1.807, 2.05) is 30.3 Å². The van der Waals surface area contributed by atoms with Gasteiger partial charge in [-0.3, -0.25) is 0 Å². The quantitative estimate of drug-likeness (QED) is 0.617. The summed E-state index contributed by atoms with van der Waals surface area (Å²) in [4.78, 5) is 0. The Morgan fingerprint density at radius 2 is 1.21 bits per heavy atom. The summed E-state index contributed by atoms with van der Waals surface area (Å²) in [6.07, 6.45) is 0. The van der Waals surface area contributed by atoms with Crippen LogP contribution < -0.4 is 0 Å². The zero-order valence-corrected chi connectivity index (χ0v) is 9.20. The second-order valence-corrected chi connectivity index (χ2v) is 2.87. The number of rotatable bonds is 1. The van der Waals surface area contributed by atoms with E-state index in [2.05, 4.69) is 0 Å². The molecular weight excluding hydrogens is 187 g/mol. The predicted molar refractivity (Wildman–Crippen MR) is 59.8 cm³/mol. The van der Waals surface area contributed by atoms with E-state index in [1.54, 1.807) is 12.1 Å². The molecule has 0 radical (unpaired) electrons. The van der Waals surface area contributed by atoms with Gasteiger partial charge in [-0.05, 0) is 23.3 Å². The summed E-state index contributed by atoms with van der Waals surface area (Å²) < 4.78 is 12.6. The summed E-state index contributed by atoms with van der Waals surface area (Å²) in [5.41, 5.74) is 2.16. The number of hydrogen-bond donors (Lipinski definition) is 0. The number of benzene rings is 2. The molecule has 2 heteroatoms. The molecule has 0 aliphatic heterocycles. The molecule has 0 saturated heterocycles. The third-order valence-corrected chi connectivity index (χ3v) is 1.95. The van der Waals surface area contributed by atoms with Crippen LogP contribution in [0.15, 0.2) is 54.6 Å². The molecule has 2 aromatic rings. The minimum atomic E-state index is -0.195. The molecule has 0 nitrogen and oxygen atoms in total. The van der Waals surface area contributed by atoms with Gasteiger partial charge in [0.15, 0.2) is 0 Å². The molecule has 0 bridgehead atoms. The van der Waals surface area contributed by atoms with Crippen LogP contribution in [0.1, 0.15) is 2.85 Å². The Kier molecular flexibility index (Phi) is 4.10. The smallest absolute Gasteiger partial charge is 1.00 e. The molecule has 0 saturated carbocycles. The van der Waals surface area contributed by atoms with Crippen molar-refractivity contribution in [2.24, 2.45) is 0 Å². The normalized spacial score (nSPS) is 9.21. The molecule has 14 heavy (non-hydrogen) atoms. The first-order valence-corrected chi connectivity index (χ1v) is 4.17. The first-order chi connectivity index (χ1) is 6.36. The van der Waals surface area contributed by atoms with Crippen LogP contribution in [0.2, 0.25) is 0 Å². The fourth-order valence-corrected chi connectivity index (χ4v) is 1.27. The summed E-state index contributed by atoms with van der Waals surface area (Å²) >= 11 is 0. The van der Waals surface area contributed by atoms with Gasteiger partial charge in [-0.1, -0.05) is 42.5 Å². The average Bonchev–Trinajstić information content (AvgIpc) is 2.20. The van der Waals surface area contributed by atoms with Crippen molar-refractivity contribution in [3.63, 3.8) is 0 Å². The van der Waals surface area contributed by atoms with E-state index in [9.17, 15) is 4.39 Å². The topological polar surface area (TPSA) is 0 Å². The summed E-state index contributed by atoms with van der Waals surface area (Å²) in [6, 6.07) is 16.4. The number of hydrogen-bond acceptors (Lipinski definition) is 0. The van der Waals surface area contributed by atoms with Gasteiger partial charge in [-0.2, -0.15) is 0 Å². The van der Waals surface area contributed by atoms with Gasteiger partial charge >= 0.3 is 23.1 Å². The maximum absolute atomic E-state index is 12.6. The Balaban J connectivity index is 0. The maximum Gasteiger partial charge on any atom is 2.00 e. The monoisotopic (exact) mass is 198 g/mol. The summed E-state index contributed by atoms with van der Waals surface area (Å²) in [7, 11) is 0. The minimum Gasteiger partial charge on any atom is -1.00 e. The second-order valence-electron chi connectivity index (χ2n) is 2.87. The Bertz CT molecular complexity index is 390. The van der Waals surface area contributed by atoms with Gasteiger partial charge in [-0.25, -0.2) is 4.39 Å². The molecule has 0 fully saturated rings. The van der Waals surface area contributed by atoms with Gasteiger partial charge < -0.3 is 2.85 Å². The van der Waals surface area contributed by atoms with E-state index >= 15 is 0 Å². The van der Waals surface area contributed by atoms with E-state index < -0.39 is 0 Å². The van der Waals surface area contributed by atoms with Gasteiger partial charge in [0.2, 0.25) is 0 Å². The minimum absolute atomic E-state index is 0. The van der Waals surface area contributed by atoms with E-state index in [0.29, 0.717) is 0 Å². The first-order valence-electron chi connectivity index (χ1n) is 4.17. The third kappa shape index (κ3) is 2.56. The largest absolute Gasteiger partial charge is 2.00 e. The van der Waals surface area contributed by atoms with E-state index in [4.69, 9.17) is 0 Å². The molecule has 2 aromatic carbocycles. The summed E-state index contributed by atoms with van der Waals surface area (Å²) in [5, 5.41) is 0. The van der Waals surface area contributed by atoms with Crippen LogP contribution in [0.4, 0.5) is 4.39 Å². The Morgan fingerprint density at radius 1 is 0.714 bits per heavy atom. The van der Waals surface area contributed by atoms with Crippen molar-refractivity contribution in [2.75, 3.05) is 0 Å². The molecule has 0 heterocycles. The van der Waals surface area contributed by atoms with Crippen molar-refractivity contribution < 1.29 is 7.24 Å². The van der Waals surface area contributed by atoms with Gasteiger partial charge in [-0.15, -0.1) is 0 Å². The summed E-state index contributed by atoms with van der Waals surface area (Å²) in [5.74, 6) is -0.195. The van der Waals surface area contributed by atoms with Crippen molar-refractivity contribution >= 4 is 23.1 Å². The van der Waals surface area contributed by atoms with Crippen LogP contribution in [-0.2, 0) is 0 Å². The molecule has 0 aliphatic rings. The third-order valence-electron chi connectivity index (χ3n) is 1.95. The van der Waals surface area contributed by atoms with Crippen LogP contribution in [0.5, 0.6) is 0 Å². The molecule has 0 unspecified atom stereocenters. The standard InChI is InChI=1S/C12H9F.Mg.2H/c13-12-8-6-11(7-9-12)10-4-2-1-3-5-10;;;/h1-9H;;;/q;+2;2*-1. The van der Waals surface area contributed by atoms with Crippen LogP contribution in [-0.4, -0.2) is 23.1 Å². The molecule has 0 atom stereocenters. The predicted octanol–water partition coefficient (Wildman–Crippen LogP) is 3.34. The van der Waals surface area contributed by atoms with E-state index in [1.165, 1.54) is 12.1 Å². The molecule has 0 spiro atoms. The molecular formula is C12H11FMg. The zero-order valence-electron chi connectivity index (χ0n) is 9.78. The van der Waals surface area contributed by atoms with Crippen molar-refractivity contribution in [2.45, 2.75) is 0 Å². The van der Waals surface area contributed by atoms with Crippen molar-refractivity contribution in [3.8, 4) is 11.1 Å². The van der Waals surface area contributed by atoms with Gasteiger partial charge in [0.1, 0.15) is 5.82 Å². The summed E-state index contributed by atoms with van der Waals surface area (Å²) in [6.45, 7) is 0. The van der Waals surface area contributed by atoms with Crippen molar-refractivity contribution in [1.82, 2.24) is 0 Å². The van der Waals surface area contributed by atoms with Gasteiger partial charge in [0, 0.05) is 0 Å². The maximum atomic E-state index is 12.6. The van der Waals surface area contributed by atoms with E-state index in [0.717, 1.165) is 11.1 Å². The van der Waals surface area contributed by atoms with Crippen LogP contribution in [0.3, 0.4) is 0 Å². The fourth-order valence-electron chi connectivity index (χ4n) is 1.27. The fraction of sp³-hybridized carbons (Fsp3) is 0. The van der Waals surface area contributed by atoms with Crippen LogP contribution in [0.25, 0.3) is 11.1 Å². The van der Waals surface area contributed by atoms with Crippen LogP contribution in [0, 0.1) is 5.82 Å².